The molecule has 1 fully saturated rings. The van der Waals surface area contributed by atoms with E-state index in [0.717, 1.165) is 30.3 Å². The normalized spacial score (nSPS) is 20.2. The van der Waals surface area contributed by atoms with E-state index in [1.165, 1.54) is 24.3 Å². The van der Waals surface area contributed by atoms with Gasteiger partial charge in [-0.25, -0.2) is 4.98 Å². The van der Waals surface area contributed by atoms with Crippen LogP contribution in [-0.2, 0) is 0 Å². The molecule has 0 unspecified atom stereocenters. The van der Waals surface area contributed by atoms with Crippen molar-refractivity contribution in [1.29, 1.82) is 0 Å². The number of fused-ring (bicyclic) bond motifs is 1. The molecule has 1 heterocycles. The van der Waals surface area contributed by atoms with Crippen LogP contribution in [0.25, 0.3) is 11.0 Å². The number of hydrogen-bond acceptors (Lipinski definition) is 4. The number of anilines is 2. The molecule has 2 atom stereocenters. The molecule has 1 aliphatic carbocycles. The van der Waals surface area contributed by atoms with Gasteiger partial charge in [0.15, 0.2) is 0 Å². The zero-order valence-electron chi connectivity index (χ0n) is 19.7. The number of halogens is 3. The molecule has 0 aliphatic heterocycles. The SMILES string of the molecule is CNC(=O)c1ccc2nc(Nc3ccc(OC(F)(F)F)cc3)n([C@H]3C[C@@H](C)CC(C)(C)C3)c2c1. The summed E-state index contributed by atoms with van der Waals surface area (Å²) >= 11 is 0. The Balaban J connectivity index is 1.75. The van der Waals surface area contributed by atoms with Gasteiger partial charge < -0.3 is 19.9 Å². The van der Waals surface area contributed by atoms with Crippen molar-refractivity contribution in [3.05, 3.63) is 48.0 Å². The van der Waals surface area contributed by atoms with Gasteiger partial charge in [0.25, 0.3) is 5.91 Å². The number of aromatic nitrogens is 2. The van der Waals surface area contributed by atoms with Crippen LogP contribution in [0, 0.1) is 11.3 Å². The first-order chi connectivity index (χ1) is 15.9. The number of hydrogen-bond donors (Lipinski definition) is 2. The molecule has 6 nitrogen and oxygen atoms in total. The summed E-state index contributed by atoms with van der Waals surface area (Å²) in [5.41, 5.74) is 2.85. The maximum Gasteiger partial charge on any atom is 0.573 e. The first kappa shape index (κ1) is 23.9. The maximum atomic E-state index is 12.5. The maximum absolute atomic E-state index is 12.5. The van der Waals surface area contributed by atoms with E-state index in [1.807, 2.05) is 12.1 Å². The molecule has 4 rings (SSSR count). The largest absolute Gasteiger partial charge is 0.573 e. The van der Waals surface area contributed by atoms with Crippen molar-refractivity contribution in [2.75, 3.05) is 12.4 Å². The summed E-state index contributed by atoms with van der Waals surface area (Å²) in [5, 5.41) is 5.93. The topological polar surface area (TPSA) is 68.2 Å². The van der Waals surface area contributed by atoms with E-state index >= 15 is 0 Å². The molecule has 1 aliphatic rings. The van der Waals surface area contributed by atoms with Gasteiger partial charge in [0.2, 0.25) is 5.95 Å². The third-order valence-electron chi connectivity index (χ3n) is 6.25. The van der Waals surface area contributed by atoms with Gasteiger partial charge in [0, 0.05) is 24.3 Å². The molecule has 2 N–H and O–H groups in total. The predicted octanol–water partition coefficient (Wildman–Crippen LogP) is 6.43. The van der Waals surface area contributed by atoms with Crippen LogP contribution in [-0.4, -0.2) is 28.9 Å². The monoisotopic (exact) mass is 474 g/mol. The van der Waals surface area contributed by atoms with Gasteiger partial charge >= 0.3 is 6.36 Å². The van der Waals surface area contributed by atoms with Crippen LogP contribution >= 0.6 is 0 Å². The Kier molecular flexibility index (Phi) is 6.22. The van der Waals surface area contributed by atoms with Crippen molar-refractivity contribution < 1.29 is 22.7 Å². The van der Waals surface area contributed by atoms with Crippen LogP contribution in [0.4, 0.5) is 24.8 Å². The highest BCUT2D eigenvalue weighted by atomic mass is 19.4. The van der Waals surface area contributed by atoms with Gasteiger partial charge in [0.1, 0.15) is 5.75 Å². The van der Waals surface area contributed by atoms with Crippen LogP contribution < -0.4 is 15.4 Å². The molecule has 1 amide bonds. The van der Waals surface area contributed by atoms with Crippen LogP contribution in [0.3, 0.4) is 0 Å². The summed E-state index contributed by atoms with van der Waals surface area (Å²) in [5.74, 6) is 0.634. The lowest BCUT2D eigenvalue weighted by Crippen LogP contribution is -2.29. The van der Waals surface area contributed by atoms with Crippen LogP contribution in [0.2, 0.25) is 0 Å². The Morgan fingerprint density at radius 1 is 1.15 bits per heavy atom. The Morgan fingerprint density at radius 3 is 2.47 bits per heavy atom. The number of alkyl halides is 3. The van der Waals surface area contributed by atoms with Gasteiger partial charge in [-0.3, -0.25) is 4.79 Å². The molecular formula is C25H29F3N4O2. The molecule has 2 aromatic carbocycles. The van der Waals surface area contributed by atoms with E-state index in [4.69, 9.17) is 4.98 Å². The molecular weight excluding hydrogens is 445 g/mol. The van der Waals surface area contributed by atoms with Gasteiger partial charge in [-0.15, -0.1) is 13.2 Å². The minimum Gasteiger partial charge on any atom is -0.406 e. The number of imidazole rings is 1. The second-order valence-electron chi connectivity index (χ2n) is 9.85. The predicted molar refractivity (Wildman–Crippen MR) is 125 cm³/mol. The quantitative estimate of drug-likeness (QED) is 0.447. The van der Waals surface area contributed by atoms with E-state index < -0.39 is 6.36 Å². The van der Waals surface area contributed by atoms with Gasteiger partial charge in [-0.2, -0.15) is 0 Å². The van der Waals surface area contributed by atoms with Gasteiger partial charge in [0.05, 0.1) is 11.0 Å². The van der Waals surface area contributed by atoms with Crippen LogP contribution in [0.1, 0.15) is 56.4 Å². The van der Waals surface area contributed by atoms with Crippen LogP contribution in [0.5, 0.6) is 5.75 Å². The fourth-order valence-electron chi connectivity index (χ4n) is 5.20. The lowest BCUT2D eigenvalue weighted by molar-refractivity contribution is -0.274. The Hall–Kier alpha value is -3.23. The standard InChI is InChI=1S/C25H29F3N4O2/c1-15-11-18(14-24(2,3)13-15)32-21-12-16(22(33)29-4)5-10-20(21)31-23(32)30-17-6-8-19(9-7-17)34-25(26,27)28/h5-10,12,15,18H,11,13-14H2,1-4H3,(H,29,33)(H,30,31)/t15-,18+/m1/s1. The summed E-state index contributed by atoms with van der Waals surface area (Å²) in [4.78, 5) is 17.1. The number of nitrogens with one attached hydrogen (secondary N) is 2. The highest BCUT2D eigenvalue weighted by Gasteiger charge is 2.35. The highest BCUT2D eigenvalue weighted by Crippen LogP contribution is 2.46. The molecule has 1 aromatic heterocycles. The lowest BCUT2D eigenvalue weighted by Gasteiger charge is -2.40. The second kappa shape index (κ2) is 8.85. The number of amides is 1. The van der Waals surface area contributed by atoms with Crippen molar-refractivity contribution >= 4 is 28.6 Å². The molecule has 0 radical (unpaired) electrons. The third kappa shape index (κ3) is 5.29. The molecule has 0 saturated heterocycles. The summed E-state index contributed by atoms with van der Waals surface area (Å²) in [6, 6.07) is 11.1. The number of benzene rings is 2. The average molecular weight is 475 g/mol. The van der Waals surface area contributed by atoms with E-state index in [1.54, 1.807) is 13.1 Å². The number of rotatable bonds is 5. The van der Waals surface area contributed by atoms with Gasteiger partial charge in [-0.1, -0.05) is 20.8 Å². The number of nitrogens with zero attached hydrogens (tertiary/aromatic N) is 2. The zero-order valence-corrected chi connectivity index (χ0v) is 19.7. The molecule has 9 heteroatoms. The van der Waals surface area contributed by atoms with Crippen molar-refractivity contribution in [3.63, 3.8) is 0 Å². The van der Waals surface area contributed by atoms with Gasteiger partial charge in [-0.05, 0) is 73.1 Å². The Bertz CT molecular complexity index is 1190. The Labute approximate surface area is 196 Å². The number of ether oxygens (including phenoxy) is 1. The molecule has 3 aromatic rings. The van der Waals surface area contributed by atoms with Crippen molar-refractivity contribution in [2.45, 2.75) is 52.4 Å². The summed E-state index contributed by atoms with van der Waals surface area (Å²) < 4.78 is 43.6. The van der Waals surface area contributed by atoms with Crippen LogP contribution in [0.15, 0.2) is 42.5 Å². The zero-order chi connectivity index (χ0) is 24.7. The van der Waals surface area contributed by atoms with Crippen molar-refractivity contribution in [2.24, 2.45) is 11.3 Å². The van der Waals surface area contributed by atoms with E-state index in [0.29, 0.717) is 23.1 Å². The molecule has 0 bridgehead atoms. The van der Waals surface area contributed by atoms with Crippen molar-refractivity contribution in [3.8, 4) is 5.75 Å². The Morgan fingerprint density at radius 2 is 1.85 bits per heavy atom. The summed E-state index contributed by atoms with van der Waals surface area (Å²) in [6.45, 7) is 6.77. The molecule has 182 valence electrons. The van der Waals surface area contributed by atoms with E-state index in [9.17, 15) is 18.0 Å². The van der Waals surface area contributed by atoms with E-state index in [-0.39, 0.29) is 23.1 Å². The first-order valence-corrected chi connectivity index (χ1v) is 11.3. The first-order valence-electron chi connectivity index (χ1n) is 11.3. The second-order valence-corrected chi connectivity index (χ2v) is 9.85. The van der Waals surface area contributed by atoms with E-state index in [2.05, 4.69) is 40.7 Å². The highest BCUT2D eigenvalue weighted by molar-refractivity contribution is 5.97. The number of carbonyl (C=O) groups is 1. The summed E-state index contributed by atoms with van der Waals surface area (Å²) in [6.07, 6.45) is -1.70. The molecule has 34 heavy (non-hydrogen) atoms. The smallest absolute Gasteiger partial charge is 0.406 e. The third-order valence-corrected chi connectivity index (χ3v) is 6.25. The lowest BCUT2D eigenvalue weighted by atomic mass is 9.70. The fourth-order valence-corrected chi connectivity index (χ4v) is 5.20. The average Bonchev–Trinajstić information content (AvgIpc) is 3.09. The molecule has 0 spiro atoms. The number of carbonyl (C=O) groups excluding carboxylic acids is 1. The minimum absolute atomic E-state index is 0.144. The fraction of sp³-hybridized carbons (Fsp3) is 0.440. The molecule has 1 saturated carbocycles. The summed E-state index contributed by atoms with van der Waals surface area (Å²) in [7, 11) is 1.59. The minimum atomic E-state index is -4.74. The van der Waals surface area contributed by atoms with Crippen molar-refractivity contribution in [1.82, 2.24) is 14.9 Å².